The minimum atomic E-state index is -1.76. The predicted molar refractivity (Wildman–Crippen MR) is 63.4 cm³/mol. The Bertz CT molecular complexity index is 652. The van der Waals surface area contributed by atoms with Gasteiger partial charge in [0.05, 0.1) is 0 Å². The van der Waals surface area contributed by atoms with Crippen LogP contribution in [-0.4, -0.2) is 32.8 Å². The van der Waals surface area contributed by atoms with Crippen LogP contribution < -0.4 is 10.6 Å². The van der Waals surface area contributed by atoms with Crippen molar-refractivity contribution in [2.75, 3.05) is 0 Å². The average molecular weight is 262 g/mol. The molecule has 1 aliphatic carbocycles. The molecule has 0 saturated carbocycles. The monoisotopic (exact) mass is 262 g/mol. The Kier molecular flexibility index (Phi) is 2.04. The van der Waals surface area contributed by atoms with Crippen LogP contribution in [0, 0.1) is 0 Å². The van der Waals surface area contributed by atoms with Crippen LogP contribution in [0.15, 0.2) is 24.0 Å². The maximum atomic E-state index is 11.9. The number of fused-ring (bicyclic) bond motifs is 1. The molecule has 1 saturated heterocycles. The lowest BCUT2D eigenvalue weighted by Gasteiger charge is -2.31. The third-order valence-corrected chi connectivity index (χ3v) is 3.42. The second kappa shape index (κ2) is 3.41. The van der Waals surface area contributed by atoms with E-state index in [-0.39, 0.29) is 23.3 Å². The van der Waals surface area contributed by atoms with Crippen LogP contribution in [0.25, 0.3) is 5.76 Å². The highest BCUT2D eigenvalue weighted by molar-refractivity contribution is 6.10. The lowest BCUT2D eigenvalue weighted by molar-refractivity contribution is -0.123. The number of carbonyl (C=O) groups is 2. The van der Waals surface area contributed by atoms with Crippen molar-refractivity contribution in [1.82, 2.24) is 10.6 Å². The van der Waals surface area contributed by atoms with E-state index in [9.17, 15) is 24.9 Å². The van der Waals surface area contributed by atoms with E-state index < -0.39 is 29.0 Å². The number of aliphatic hydroxyl groups excluding tert-OH is 2. The van der Waals surface area contributed by atoms with Gasteiger partial charge >= 0.3 is 6.03 Å². The van der Waals surface area contributed by atoms with Crippen LogP contribution in [-0.2, 0) is 11.2 Å². The van der Waals surface area contributed by atoms with Crippen LogP contribution in [0.5, 0.6) is 5.75 Å². The molecule has 2 aliphatic rings. The summed E-state index contributed by atoms with van der Waals surface area (Å²) in [4.78, 5) is 23.1. The van der Waals surface area contributed by atoms with E-state index >= 15 is 0 Å². The normalized spacial score (nSPS) is 25.3. The van der Waals surface area contributed by atoms with Crippen molar-refractivity contribution in [1.29, 1.82) is 0 Å². The van der Waals surface area contributed by atoms with Gasteiger partial charge in [0.1, 0.15) is 5.75 Å². The van der Waals surface area contributed by atoms with Crippen molar-refractivity contribution in [3.8, 4) is 5.75 Å². The fraction of sp³-hybridized carbons (Fsp3) is 0.167. The molecule has 1 fully saturated rings. The number of urea groups is 1. The van der Waals surface area contributed by atoms with Crippen molar-refractivity contribution in [3.63, 3.8) is 0 Å². The van der Waals surface area contributed by atoms with Crippen molar-refractivity contribution in [3.05, 3.63) is 35.1 Å². The van der Waals surface area contributed by atoms with Crippen LogP contribution in [0.4, 0.5) is 4.79 Å². The molecule has 1 spiro atoms. The molecule has 3 amide bonds. The molecule has 19 heavy (non-hydrogen) atoms. The molecule has 0 bridgehead atoms. The summed E-state index contributed by atoms with van der Waals surface area (Å²) in [5.74, 6) is -2.05. The molecule has 5 N–H and O–H groups in total. The molecule has 1 aliphatic heterocycles. The highest BCUT2D eigenvalue weighted by Crippen LogP contribution is 2.39. The first kappa shape index (κ1) is 11.4. The highest BCUT2D eigenvalue weighted by atomic mass is 16.3. The Morgan fingerprint density at radius 1 is 1.16 bits per heavy atom. The number of amides is 3. The quantitative estimate of drug-likeness (QED) is 0.431. The maximum absolute atomic E-state index is 11.9. The van der Waals surface area contributed by atoms with E-state index in [4.69, 9.17) is 0 Å². The maximum Gasteiger partial charge on any atom is 0.322 e. The zero-order valence-corrected chi connectivity index (χ0v) is 9.60. The second-order valence-corrected chi connectivity index (χ2v) is 4.49. The number of imide groups is 1. The summed E-state index contributed by atoms with van der Waals surface area (Å²) >= 11 is 0. The molecule has 1 unspecified atom stereocenters. The molecule has 1 atom stereocenters. The molecule has 1 heterocycles. The Balaban J connectivity index is 2.24. The van der Waals surface area contributed by atoms with Crippen LogP contribution in [0.2, 0.25) is 0 Å². The number of phenols is 1. The Hall–Kier alpha value is -2.70. The summed E-state index contributed by atoms with van der Waals surface area (Å²) in [6, 6.07) is 3.64. The molecule has 1 aromatic carbocycles. The molecule has 0 aromatic heterocycles. The van der Waals surface area contributed by atoms with E-state index in [0.717, 1.165) is 0 Å². The summed E-state index contributed by atoms with van der Waals surface area (Å²) in [7, 11) is 0. The van der Waals surface area contributed by atoms with Crippen molar-refractivity contribution < 1.29 is 24.9 Å². The van der Waals surface area contributed by atoms with Gasteiger partial charge in [-0.2, -0.15) is 0 Å². The summed E-state index contributed by atoms with van der Waals surface area (Å²) in [5, 5.41) is 34.1. The van der Waals surface area contributed by atoms with Crippen LogP contribution in [0.1, 0.15) is 11.1 Å². The summed E-state index contributed by atoms with van der Waals surface area (Å²) in [6.45, 7) is 0. The first-order chi connectivity index (χ1) is 8.95. The number of benzene rings is 1. The lowest BCUT2D eigenvalue weighted by atomic mass is 9.80. The summed E-state index contributed by atoms with van der Waals surface area (Å²) < 4.78 is 0. The standard InChI is InChI=1S/C12H10N2O5/c15-7-3-1-2-5-6(7)4-12(9(17)8(5)16)10(18)13-11(19)14-12/h1-3,15-17H,4H2,(H2,13,14,18,19). The van der Waals surface area contributed by atoms with Crippen LogP contribution >= 0.6 is 0 Å². The molecule has 1 aromatic rings. The Morgan fingerprint density at radius 2 is 1.89 bits per heavy atom. The van der Waals surface area contributed by atoms with E-state index in [2.05, 4.69) is 5.32 Å². The fourth-order valence-electron chi connectivity index (χ4n) is 2.44. The number of aromatic hydroxyl groups is 1. The number of phenolic OH excluding ortho intramolecular Hbond substituents is 1. The number of carbonyl (C=O) groups excluding carboxylic acids is 2. The van der Waals surface area contributed by atoms with Crippen molar-refractivity contribution in [2.24, 2.45) is 0 Å². The minimum absolute atomic E-state index is 0.120. The molecule has 0 radical (unpaired) electrons. The molecular formula is C12H10N2O5. The van der Waals surface area contributed by atoms with E-state index in [1.165, 1.54) is 18.2 Å². The number of hydrogen-bond donors (Lipinski definition) is 5. The summed E-state index contributed by atoms with van der Waals surface area (Å²) in [6.07, 6.45) is -0.136. The van der Waals surface area contributed by atoms with Gasteiger partial charge in [-0.15, -0.1) is 0 Å². The van der Waals surface area contributed by atoms with E-state index in [0.29, 0.717) is 0 Å². The van der Waals surface area contributed by atoms with Gasteiger partial charge in [-0.25, -0.2) is 4.79 Å². The predicted octanol–water partition coefficient (Wildman–Crippen LogP) is 0.311. The fourth-order valence-corrected chi connectivity index (χ4v) is 2.44. The minimum Gasteiger partial charge on any atom is -0.508 e. The zero-order valence-electron chi connectivity index (χ0n) is 9.60. The third kappa shape index (κ3) is 1.32. The van der Waals surface area contributed by atoms with Crippen molar-refractivity contribution >= 4 is 17.7 Å². The number of rotatable bonds is 0. The first-order valence-corrected chi connectivity index (χ1v) is 5.53. The second-order valence-electron chi connectivity index (χ2n) is 4.49. The molecule has 7 heteroatoms. The number of hydrogen-bond acceptors (Lipinski definition) is 5. The number of nitrogens with one attached hydrogen (secondary N) is 2. The smallest absolute Gasteiger partial charge is 0.322 e. The third-order valence-electron chi connectivity index (χ3n) is 3.42. The van der Waals surface area contributed by atoms with E-state index in [1.54, 1.807) is 0 Å². The van der Waals surface area contributed by atoms with Gasteiger partial charge in [0.25, 0.3) is 5.91 Å². The highest BCUT2D eigenvalue weighted by Gasteiger charge is 2.54. The SMILES string of the molecule is O=C1NC(=O)C2(Cc3c(O)cccc3C(O)=C2O)N1. The Morgan fingerprint density at radius 3 is 2.53 bits per heavy atom. The van der Waals surface area contributed by atoms with Gasteiger partial charge in [0, 0.05) is 17.5 Å². The van der Waals surface area contributed by atoms with Crippen LogP contribution in [0.3, 0.4) is 0 Å². The largest absolute Gasteiger partial charge is 0.508 e. The molecular weight excluding hydrogens is 252 g/mol. The molecule has 7 nitrogen and oxygen atoms in total. The number of aliphatic hydroxyl groups is 2. The van der Waals surface area contributed by atoms with Gasteiger partial charge in [0.2, 0.25) is 0 Å². The molecule has 98 valence electrons. The zero-order chi connectivity index (χ0) is 13.8. The topological polar surface area (TPSA) is 119 Å². The van der Waals surface area contributed by atoms with Crippen molar-refractivity contribution in [2.45, 2.75) is 12.0 Å². The Labute approximate surface area is 107 Å². The van der Waals surface area contributed by atoms with Gasteiger partial charge in [-0.05, 0) is 6.07 Å². The average Bonchev–Trinajstić information content (AvgIpc) is 2.64. The van der Waals surface area contributed by atoms with Gasteiger partial charge in [-0.3, -0.25) is 10.1 Å². The van der Waals surface area contributed by atoms with Gasteiger partial charge in [0.15, 0.2) is 17.1 Å². The lowest BCUT2D eigenvalue weighted by Crippen LogP contribution is -2.52. The summed E-state index contributed by atoms with van der Waals surface area (Å²) in [5.41, 5.74) is -1.24. The first-order valence-electron chi connectivity index (χ1n) is 5.53. The van der Waals surface area contributed by atoms with Gasteiger partial charge in [-0.1, -0.05) is 12.1 Å². The molecule has 3 rings (SSSR count). The van der Waals surface area contributed by atoms with Gasteiger partial charge < -0.3 is 20.6 Å². The van der Waals surface area contributed by atoms with E-state index in [1.807, 2.05) is 5.32 Å².